The average molecular weight is 450 g/mol. The summed E-state index contributed by atoms with van der Waals surface area (Å²) in [5.41, 5.74) is 2.03. The lowest BCUT2D eigenvalue weighted by Gasteiger charge is -2.27. The van der Waals surface area contributed by atoms with Crippen molar-refractivity contribution in [3.63, 3.8) is 0 Å². The van der Waals surface area contributed by atoms with E-state index in [0.717, 1.165) is 42.9 Å². The van der Waals surface area contributed by atoms with E-state index in [9.17, 15) is 19.2 Å². The number of nitrogens with zero attached hydrogens (tertiary/aromatic N) is 3. The molecule has 1 atom stereocenters. The molecule has 0 aliphatic carbocycles. The number of benzene rings is 1. The molecule has 2 aromatic rings. The van der Waals surface area contributed by atoms with Gasteiger partial charge in [-0.15, -0.1) is 0 Å². The highest BCUT2D eigenvalue weighted by Crippen LogP contribution is 2.32. The predicted octanol–water partition coefficient (Wildman–Crippen LogP) is 0.896. The Hall–Kier alpha value is -3.53. The quantitative estimate of drug-likeness (QED) is 0.558. The van der Waals surface area contributed by atoms with Crippen LogP contribution in [0.5, 0.6) is 0 Å². The lowest BCUT2D eigenvalue weighted by Crippen LogP contribution is -2.54. The van der Waals surface area contributed by atoms with Crippen LogP contribution in [0.3, 0.4) is 0 Å². The van der Waals surface area contributed by atoms with Crippen LogP contribution in [0, 0.1) is 5.92 Å². The van der Waals surface area contributed by atoms with Crippen LogP contribution < -0.4 is 16.0 Å². The van der Waals surface area contributed by atoms with Gasteiger partial charge >= 0.3 is 0 Å². The second kappa shape index (κ2) is 8.78. The fourth-order valence-corrected chi connectivity index (χ4v) is 4.79. The van der Waals surface area contributed by atoms with Crippen LogP contribution in [0.25, 0.3) is 0 Å². The van der Waals surface area contributed by atoms with Gasteiger partial charge in [-0.25, -0.2) is 0 Å². The second-order valence-electron chi connectivity index (χ2n) is 8.79. The maximum absolute atomic E-state index is 13.2. The number of carbonyl (C=O) groups is 4. The van der Waals surface area contributed by atoms with Crippen molar-refractivity contribution < 1.29 is 19.2 Å². The zero-order valence-electron chi connectivity index (χ0n) is 18.2. The molecule has 3 aliphatic rings. The van der Waals surface area contributed by atoms with Crippen molar-refractivity contribution >= 4 is 29.3 Å². The number of amides is 4. The average Bonchev–Trinajstić information content (AvgIpc) is 3.36. The molecule has 1 unspecified atom stereocenters. The van der Waals surface area contributed by atoms with Crippen LogP contribution in [0.15, 0.2) is 30.6 Å². The largest absolute Gasteiger partial charge is 0.380 e. The Balaban J connectivity index is 1.29. The van der Waals surface area contributed by atoms with Gasteiger partial charge in [-0.2, -0.15) is 5.10 Å². The third-order valence-corrected chi connectivity index (χ3v) is 6.54. The fraction of sp³-hybridized carbons (Fsp3) is 0.435. The molecule has 2 fully saturated rings. The molecule has 0 radical (unpaired) electrons. The molecule has 33 heavy (non-hydrogen) atoms. The summed E-state index contributed by atoms with van der Waals surface area (Å²) in [4.78, 5) is 50.8. The van der Waals surface area contributed by atoms with Crippen molar-refractivity contribution in [2.75, 3.05) is 18.4 Å². The summed E-state index contributed by atoms with van der Waals surface area (Å²) in [6, 6.07) is 4.07. The molecular weight excluding hydrogens is 424 g/mol. The first-order valence-corrected chi connectivity index (χ1v) is 11.3. The van der Waals surface area contributed by atoms with Gasteiger partial charge in [-0.05, 0) is 50.4 Å². The SMILES string of the molecule is O=C1CCC(N2C(=O)c3cccc(NCc4cnn(CC5CCNCC5)c4)c3C2=O)C(=O)N1. The number of aromatic nitrogens is 2. The lowest BCUT2D eigenvalue weighted by atomic mass is 9.98. The molecule has 5 rings (SSSR count). The minimum Gasteiger partial charge on any atom is -0.380 e. The van der Waals surface area contributed by atoms with Crippen LogP contribution in [0.2, 0.25) is 0 Å². The molecule has 0 saturated carbocycles. The zero-order valence-corrected chi connectivity index (χ0v) is 18.2. The number of carbonyl (C=O) groups excluding carboxylic acids is 4. The maximum Gasteiger partial charge on any atom is 0.264 e. The third kappa shape index (κ3) is 4.13. The molecule has 10 nitrogen and oxygen atoms in total. The number of nitrogens with one attached hydrogen (secondary N) is 3. The van der Waals surface area contributed by atoms with Crippen molar-refractivity contribution in [2.24, 2.45) is 5.92 Å². The van der Waals surface area contributed by atoms with Crippen molar-refractivity contribution in [1.82, 2.24) is 25.3 Å². The lowest BCUT2D eigenvalue weighted by molar-refractivity contribution is -0.136. The summed E-state index contributed by atoms with van der Waals surface area (Å²) in [5.74, 6) is -1.42. The molecule has 3 aliphatic heterocycles. The number of rotatable bonds is 6. The molecule has 4 amide bonds. The molecule has 1 aromatic heterocycles. The van der Waals surface area contributed by atoms with Gasteiger partial charge in [0.25, 0.3) is 11.8 Å². The molecule has 10 heteroatoms. The Bertz CT molecular complexity index is 1120. The minimum atomic E-state index is -0.976. The Morgan fingerprint density at radius 2 is 1.88 bits per heavy atom. The minimum absolute atomic E-state index is 0.0935. The molecular formula is C23H26N6O4. The molecule has 0 bridgehead atoms. The Morgan fingerprint density at radius 1 is 1.06 bits per heavy atom. The van der Waals surface area contributed by atoms with Crippen LogP contribution in [-0.2, 0) is 22.7 Å². The van der Waals surface area contributed by atoms with E-state index < -0.39 is 29.7 Å². The van der Waals surface area contributed by atoms with Crippen LogP contribution >= 0.6 is 0 Å². The number of fused-ring (bicyclic) bond motifs is 1. The normalized spacial score (nSPS) is 21.3. The molecule has 3 N–H and O–H groups in total. The summed E-state index contributed by atoms with van der Waals surface area (Å²) < 4.78 is 1.96. The Kier molecular flexibility index (Phi) is 5.67. The van der Waals surface area contributed by atoms with E-state index in [4.69, 9.17) is 0 Å². The van der Waals surface area contributed by atoms with Crippen LogP contribution in [0.1, 0.15) is 52.0 Å². The van der Waals surface area contributed by atoms with Crippen molar-refractivity contribution in [2.45, 2.75) is 44.8 Å². The van der Waals surface area contributed by atoms with Gasteiger partial charge in [-0.1, -0.05) is 6.07 Å². The van der Waals surface area contributed by atoms with Crippen molar-refractivity contribution in [3.05, 3.63) is 47.3 Å². The smallest absolute Gasteiger partial charge is 0.264 e. The van der Waals surface area contributed by atoms with E-state index >= 15 is 0 Å². The highest BCUT2D eigenvalue weighted by Gasteiger charge is 2.45. The van der Waals surface area contributed by atoms with E-state index in [2.05, 4.69) is 21.0 Å². The predicted molar refractivity (Wildman–Crippen MR) is 118 cm³/mol. The first kappa shape index (κ1) is 21.3. The van der Waals surface area contributed by atoms with Gasteiger partial charge in [0.2, 0.25) is 11.8 Å². The van der Waals surface area contributed by atoms with E-state index in [1.165, 1.54) is 0 Å². The van der Waals surface area contributed by atoms with Crippen molar-refractivity contribution in [3.8, 4) is 0 Å². The molecule has 1 aromatic carbocycles. The number of hydrogen-bond acceptors (Lipinski definition) is 7. The number of hydrogen-bond donors (Lipinski definition) is 3. The van der Waals surface area contributed by atoms with Crippen LogP contribution in [-0.4, -0.2) is 57.4 Å². The van der Waals surface area contributed by atoms with Gasteiger partial charge < -0.3 is 10.6 Å². The highest BCUT2D eigenvalue weighted by atomic mass is 16.2. The highest BCUT2D eigenvalue weighted by molar-refractivity contribution is 6.25. The number of anilines is 1. The van der Waals surface area contributed by atoms with Gasteiger partial charge in [0.15, 0.2) is 0 Å². The molecule has 172 valence electrons. The Labute approximate surface area is 190 Å². The van der Waals surface area contributed by atoms with Crippen LogP contribution in [0.4, 0.5) is 5.69 Å². The summed E-state index contributed by atoms with van der Waals surface area (Å²) >= 11 is 0. The van der Waals surface area contributed by atoms with E-state index in [0.29, 0.717) is 18.2 Å². The van der Waals surface area contributed by atoms with Gasteiger partial charge in [0.05, 0.1) is 17.3 Å². The zero-order chi connectivity index (χ0) is 22.9. The van der Waals surface area contributed by atoms with Gasteiger partial charge in [0, 0.05) is 37.0 Å². The van der Waals surface area contributed by atoms with Crippen molar-refractivity contribution in [1.29, 1.82) is 0 Å². The summed E-state index contributed by atoms with van der Waals surface area (Å²) in [7, 11) is 0. The first-order valence-electron chi connectivity index (χ1n) is 11.3. The topological polar surface area (TPSA) is 125 Å². The fourth-order valence-electron chi connectivity index (χ4n) is 4.79. The molecule has 0 spiro atoms. The first-order chi connectivity index (χ1) is 16.0. The summed E-state index contributed by atoms with van der Waals surface area (Å²) in [6.45, 7) is 3.42. The summed E-state index contributed by atoms with van der Waals surface area (Å²) in [6.07, 6.45) is 6.32. The maximum atomic E-state index is 13.2. The number of imide groups is 2. The van der Waals surface area contributed by atoms with Gasteiger partial charge in [0.1, 0.15) is 6.04 Å². The number of piperidine rings is 2. The molecule has 2 saturated heterocycles. The van der Waals surface area contributed by atoms with Gasteiger partial charge in [-0.3, -0.25) is 34.1 Å². The van der Waals surface area contributed by atoms with E-state index in [1.54, 1.807) is 24.4 Å². The van der Waals surface area contributed by atoms with E-state index in [1.807, 2.05) is 10.9 Å². The van der Waals surface area contributed by atoms with E-state index in [-0.39, 0.29) is 24.0 Å². The second-order valence-corrected chi connectivity index (χ2v) is 8.79. The summed E-state index contributed by atoms with van der Waals surface area (Å²) in [5, 5.41) is 13.3. The molecule has 4 heterocycles. The Morgan fingerprint density at radius 3 is 2.67 bits per heavy atom. The third-order valence-electron chi connectivity index (χ3n) is 6.54. The standard InChI is InChI=1S/C23H26N6O4/c30-19-5-4-18(21(31)27-19)29-22(32)16-2-1-3-17(20(16)23(29)33)25-10-15-11-26-28(13-15)12-14-6-8-24-9-7-14/h1-3,11,13-14,18,24-25H,4-10,12H2,(H,27,30,31). The monoisotopic (exact) mass is 450 g/mol.